The topological polar surface area (TPSA) is 78.5 Å². The summed E-state index contributed by atoms with van der Waals surface area (Å²) in [6.45, 7) is -0.374. The molecule has 0 spiro atoms. The first-order chi connectivity index (χ1) is 8.47. The van der Waals surface area contributed by atoms with Gasteiger partial charge in [-0.2, -0.15) is 0 Å². The molecule has 1 fully saturated rings. The zero-order chi connectivity index (χ0) is 13.3. The predicted octanol–water partition coefficient (Wildman–Crippen LogP) is 0.161. The number of hydrogen-bond donors (Lipinski definition) is 2. The van der Waals surface area contributed by atoms with Crippen molar-refractivity contribution in [3.63, 3.8) is 0 Å². The fraction of sp³-hybridized carbons (Fsp3) is 0.100. The number of benzene rings is 1. The van der Waals surface area contributed by atoms with Gasteiger partial charge in [0.2, 0.25) is 5.91 Å². The van der Waals surface area contributed by atoms with Gasteiger partial charge in [0, 0.05) is 0 Å². The van der Waals surface area contributed by atoms with E-state index in [0.29, 0.717) is 11.1 Å². The molecular weight excluding hydrogens is 248 g/mol. The summed E-state index contributed by atoms with van der Waals surface area (Å²) >= 11 is 0. The lowest BCUT2D eigenvalue weighted by Gasteiger charge is -2.14. The minimum atomic E-state index is -1.02. The van der Waals surface area contributed by atoms with Gasteiger partial charge in [-0.1, -0.05) is 0 Å². The van der Waals surface area contributed by atoms with E-state index in [0.717, 1.165) is 12.1 Å². The number of halogens is 2. The van der Waals surface area contributed by atoms with Gasteiger partial charge in [0.1, 0.15) is 18.2 Å². The molecule has 8 heteroatoms. The molecule has 2 rings (SSSR count). The van der Waals surface area contributed by atoms with Gasteiger partial charge in [-0.05, 0) is 18.2 Å². The second-order valence-corrected chi connectivity index (χ2v) is 3.50. The number of nitrogens with zero attached hydrogens (tertiary/aromatic N) is 1. The van der Waals surface area contributed by atoms with Crippen LogP contribution in [0.1, 0.15) is 10.4 Å². The number of amides is 4. The zero-order valence-corrected chi connectivity index (χ0v) is 8.87. The molecule has 0 aliphatic carbocycles. The second-order valence-electron chi connectivity index (χ2n) is 3.50. The molecule has 0 saturated carbocycles. The third-order valence-corrected chi connectivity index (χ3v) is 2.20. The van der Waals surface area contributed by atoms with Crippen molar-refractivity contribution in [1.82, 2.24) is 15.8 Å². The average molecular weight is 255 g/mol. The highest BCUT2D eigenvalue weighted by Crippen LogP contribution is 2.10. The maximum absolute atomic E-state index is 13.3. The van der Waals surface area contributed by atoms with Crippen LogP contribution >= 0.6 is 0 Å². The van der Waals surface area contributed by atoms with Gasteiger partial charge < -0.3 is 0 Å². The van der Waals surface area contributed by atoms with Gasteiger partial charge in [-0.15, -0.1) is 0 Å². The Hall–Kier alpha value is -2.51. The quantitative estimate of drug-likeness (QED) is 0.739. The molecule has 1 aromatic rings. The SMILES string of the molecule is O=C1CN(NC(=O)c2cc(F)ccc2F)C(=O)N1. The predicted molar refractivity (Wildman–Crippen MR) is 54.1 cm³/mol. The van der Waals surface area contributed by atoms with E-state index in [9.17, 15) is 23.2 Å². The molecule has 18 heavy (non-hydrogen) atoms. The first kappa shape index (κ1) is 12.0. The first-order valence-electron chi connectivity index (χ1n) is 4.85. The van der Waals surface area contributed by atoms with Crippen molar-refractivity contribution in [2.24, 2.45) is 0 Å². The van der Waals surface area contributed by atoms with Crippen LogP contribution in [0, 0.1) is 11.6 Å². The van der Waals surface area contributed by atoms with Gasteiger partial charge >= 0.3 is 6.03 Å². The number of urea groups is 1. The minimum Gasteiger partial charge on any atom is -0.275 e. The Kier molecular flexibility index (Phi) is 2.92. The number of nitrogens with one attached hydrogen (secondary N) is 2. The fourth-order valence-electron chi connectivity index (χ4n) is 1.39. The highest BCUT2D eigenvalue weighted by atomic mass is 19.1. The lowest BCUT2D eigenvalue weighted by atomic mass is 10.2. The van der Waals surface area contributed by atoms with E-state index in [2.05, 4.69) is 0 Å². The number of carbonyl (C=O) groups is 3. The molecule has 0 aromatic heterocycles. The van der Waals surface area contributed by atoms with Crippen molar-refractivity contribution in [1.29, 1.82) is 0 Å². The molecule has 4 amide bonds. The molecule has 0 unspecified atom stereocenters. The van der Waals surface area contributed by atoms with Gasteiger partial charge in [-0.3, -0.25) is 20.3 Å². The molecule has 1 aliphatic heterocycles. The molecule has 1 aliphatic rings. The lowest BCUT2D eigenvalue weighted by molar-refractivity contribution is -0.118. The van der Waals surface area contributed by atoms with E-state index in [1.807, 2.05) is 10.7 Å². The molecule has 94 valence electrons. The maximum Gasteiger partial charge on any atom is 0.343 e. The summed E-state index contributed by atoms with van der Waals surface area (Å²) < 4.78 is 26.1. The molecule has 1 aromatic carbocycles. The van der Waals surface area contributed by atoms with Crippen molar-refractivity contribution >= 4 is 17.8 Å². The standard InChI is InChI=1S/C10H7F2N3O3/c11-5-1-2-7(12)6(3-5)9(17)14-15-4-8(16)13-10(15)18/h1-3H,4H2,(H,14,17)(H,13,16,18). The third kappa shape index (κ3) is 2.26. The van der Waals surface area contributed by atoms with E-state index < -0.39 is 35.0 Å². The van der Waals surface area contributed by atoms with Crippen molar-refractivity contribution in [2.45, 2.75) is 0 Å². The van der Waals surface area contributed by atoms with Crippen LogP contribution in [0.5, 0.6) is 0 Å². The Morgan fingerprint density at radius 2 is 2.06 bits per heavy atom. The molecule has 0 atom stereocenters. The minimum absolute atomic E-state index is 0.374. The van der Waals surface area contributed by atoms with Gasteiger partial charge in [0.15, 0.2) is 0 Å². The molecule has 1 heterocycles. The van der Waals surface area contributed by atoms with Gasteiger partial charge in [-0.25, -0.2) is 18.6 Å². The summed E-state index contributed by atoms with van der Waals surface area (Å²) in [7, 11) is 0. The van der Waals surface area contributed by atoms with E-state index in [-0.39, 0.29) is 6.54 Å². The third-order valence-electron chi connectivity index (χ3n) is 2.20. The van der Waals surface area contributed by atoms with Gasteiger partial charge in [0.25, 0.3) is 5.91 Å². The molecular formula is C10H7F2N3O3. The monoisotopic (exact) mass is 255 g/mol. The maximum atomic E-state index is 13.3. The van der Waals surface area contributed by atoms with Crippen molar-refractivity contribution in [2.75, 3.05) is 6.54 Å². The number of carbonyl (C=O) groups excluding carboxylic acids is 3. The van der Waals surface area contributed by atoms with Gasteiger partial charge in [0.05, 0.1) is 5.56 Å². The van der Waals surface area contributed by atoms with Crippen LogP contribution in [-0.4, -0.2) is 29.4 Å². The molecule has 2 N–H and O–H groups in total. The summed E-state index contributed by atoms with van der Waals surface area (Å²) in [4.78, 5) is 33.5. The van der Waals surface area contributed by atoms with Crippen molar-refractivity contribution in [3.8, 4) is 0 Å². The number of hydrazine groups is 1. The summed E-state index contributed by atoms with van der Waals surface area (Å²) in [5.74, 6) is -3.33. The molecule has 0 bridgehead atoms. The fourth-order valence-corrected chi connectivity index (χ4v) is 1.39. The van der Waals surface area contributed by atoms with Crippen LogP contribution in [0.2, 0.25) is 0 Å². The molecule has 1 saturated heterocycles. The molecule has 6 nitrogen and oxygen atoms in total. The average Bonchev–Trinajstić information content (AvgIpc) is 2.61. The second kappa shape index (κ2) is 4.40. The summed E-state index contributed by atoms with van der Waals surface area (Å²) in [6.07, 6.45) is 0. The smallest absolute Gasteiger partial charge is 0.275 e. The largest absolute Gasteiger partial charge is 0.343 e. The van der Waals surface area contributed by atoms with Crippen LogP contribution in [0.25, 0.3) is 0 Å². The highest BCUT2D eigenvalue weighted by molar-refractivity contribution is 6.04. The van der Waals surface area contributed by atoms with Crippen molar-refractivity contribution in [3.05, 3.63) is 35.4 Å². The van der Waals surface area contributed by atoms with E-state index in [4.69, 9.17) is 0 Å². The number of hydrogen-bond acceptors (Lipinski definition) is 3. The lowest BCUT2D eigenvalue weighted by Crippen LogP contribution is -2.44. The van der Waals surface area contributed by atoms with Crippen LogP contribution in [-0.2, 0) is 4.79 Å². The Labute approximate surface area is 99.5 Å². The van der Waals surface area contributed by atoms with E-state index in [1.54, 1.807) is 0 Å². The Balaban J connectivity index is 2.15. The zero-order valence-electron chi connectivity index (χ0n) is 8.87. The first-order valence-corrected chi connectivity index (χ1v) is 4.85. The van der Waals surface area contributed by atoms with Crippen LogP contribution in [0.4, 0.5) is 13.6 Å². The summed E-state index contributed by atoms with van der Waals surface area (Å²) in [5, 5.41) is 2.59. The van der Waals surface area contributed by atoms with Crippen molar-refractivity contribution < 1.29 is 23.2 Å². The van der Waals surface area contributed by atoms with Crippen LogP contribution in [0.15, 0.2) is 18.2 Å². The van der Waals surface area contributed by atoms with E-state index >= 15 is 0 Å². The van der Waals surface area contributed by atoms with Crippen LogP contribution in [0.3, 0.4) is 0 Å². The number of rotatable bonds is 2. The molecule has 0 radical (unpaired) electrons. The van der Waals surface area contributed by atoms with E-state index in [1.165, 1.54) is 0 Å². The highest BCUT2D eigenvalue weighted by Gasteiger charge is 2.29. The summed E-state index contributed by atoms with van der Waals surface area (Å²) in [6, 6.07) is 1.52. The normalized spacial score (nSPS) is 14.7. The van der Waals surface area contributed by atoms with Crippen LogP contribution < -0.4 is 10.7 Å². The number of imide groups is 1. The summed E-state index contributed by atoms with van der Waals surface area (Å²) in [5.41, 5.74) is 1.44. The Morgan fingerprint density at radius 1 is 1.33 bits per heavy atom. The Morgan fingerprint density at radius 3 is 2.67 bits per heavy atom. The Bertz CT molecular complexity index is 547.